The Kier molecular flexibility index (Phi) is 5.76. The van der Waals surface area contributed by atoms with Crippen LogP contribution in [0.3, 0.4) is 0 Å². The van der Waals surface area contributed by atoms with E-state index in [1.54, 1.807) is 25.4 Å². The lowest BCUT2D eigenvalue weighted by atomic mass is 10.1. The predicted octanol–water partition coefficient (Wildman–Crippen LogP) is 3.25. The summed E-state index contributed by atoms with van der Waals surface area (Å²) in [6, 6.07) is 11.1. The van der Waals surface area contributed by atoms with E-state index in [0.717, 1.165) is 16.9 Å². The minimum atomic E-state index is -0.527. The van der Waals surface area contributed by atoms with E-state index in [0.29, 0.717) is 12.1 Å². The third kappa shape index (κ3) is 4.58. The third-order valence-electron chi connectivity index (χ3n) is 3.42. The van der Waals surface area contributed by atoms with Gasteiger partial charge in [0.15, 0.2) is 6.10 Å². The maximum Gasteiger partial charge on any atom is 0.310 e. The summed E-state index contributed by atoms with van der Waals surface area (Å²) in [7, 11) is 1.61. The number of ether oxygens (including phenoxy) is 2. The summed E-state index contributed by atoms with van der Waals surface area (Å²) in [5.41, 5.74) is 2.50. The molecule has 2 aromatic rings. The van der Waals surface area contributed by atoms with Crippen molar-refractivity contribution in [2.75, 3.05) is 7.11 Å². The van der Waals surface area contributed by atoms with Gasteiger partial charge < -0.3 is 9.47 Å². The van der Waals surface area contributed by atoms with Gasteiger partial charge in [-0.2, -0.15) is 0 Å². The van der Waals surface area contributed by atoms with E-state index >= 15 is 0 Å². The normalized spacial score (nSPS) is 11.3. The van der Waals surface area contributed by atoms with Crippen LogP contribution in [0, 0.1) is 19.3 Å². The van der Waals surface area contributed by atoms with Gasteiger partial charge in [0.05, 0.1) is 25.6 Å². The molecule has 23 heavy (non-hydrogen) atoms. The van der Waals surface area contributed by atoms with Crippen LogP contribution in [-0.4, -0.2) is 18.1 Å². The number of hydrogen-bond acceptors (Lipinski definition) is 4. The SMILES string of the molecule is C#CC[C@@H](OC(=O)Cc1ccc(C)c(OC)c1)c1ccccn1. The molecule has 0 spiro atoms. The standard InChI is InChI=1S/C19H19NO3/c1-4-7-17(16-8-5-6-11-20-16)23-19(21)13-15-10-9-14(2)18(12-15)22-3/h1,5-6,8-12,17H,7,13H2,2-3H3/t17-/m1/s1. The van der Waals surface area contributed by atoms with Gasteiger partial charge in [-0.3, -0.25) is 9.78 Å². The van der Waals surface area contributed by atoms with Crippen molar-refractivity contribution in [1.29, 1.82) is 0 Å². The molecular weight excluding hydrogens is 290 g/mol. The molecule has 4 nitrogen and oxygen atoms in total. The lowest BCUT2D eigenvalue weighted by Crippen LogP contribution is -2.14. The fraction of sp³-hybridized carbons (Fsp3) is 0.263. The highest BCUT2D eigenvalue weighted by atomic mass is 16.5. The summed E-state index contributed by atoms with van der Waals surface area (Å²) in [5, 5.41) is 0. The van der Waals surface area contributed by atoms with Gasteiger partial charge in [-0.25, -0.2) is 0 Å². The van der Waals surface area contributed by atoms with Crippen LogP contribution >= 0.6 is 0 Å². The average molecular weight is 309 g/mol. The largest absolute Gasteiger partial charge is 0.496 e. The molecular formula is C19H19NO3. The predicted molar refractivity (Wildman–Crippen MR) is 88.0 cm³/mol. The lowest BCUT2D eigenvalue weighted by molar-refractivity contribution is -0.148. The molecule has 0 fully saturated rings. The number of carbonyl (C=O) groups excluding carboxylic acids is 1. The van der Waals surface area contributed by atoms with Crippen molar-refractivity contribution < 1.29 is 14.3 Å². The number of methoxy groups -OCH3 is 1. The second kappa shape index (κ2) is 8.00. The lowest BCUT2D eigenvalue weighted by Gasteiger charge is -2.15. The number of benzene rings is 1. The molecule has 1 heterocycles. The van der Waals surface area contributed by atoms with E-state index in [4.69, 9.17) is 15.9 Å². The Hall–Kier alpha value is -2.80. The Morgan fingerprint density at radius 1 is 1.35 bits per heavy atom. The fourth-order valence-corrected chi connectivity index (χ4v) is 2.22. The zero-order chi connectivity index (χ0) is 16.7. The number of esters is 1. The highest BCUT2D eigenvalue weighted by Gasteiger charge is 2.17. The molecule has 2 rings (SSSR count). The summed E-state index contributed by atoms with van der Waals surface area (Å²) in [6.45, 7) is 1.95. The first kappa shape index (κ1) is 16.6. The van der Waals surface area contributed by atoms with Crippen molar-refractivity contribution in [3.05, 3.63) is 59.4 Å². The number of carbonyl (C=O) groups is 1. The Bertz CT molecular complexity index is 704. The van der Waals surface area contributed by atoms with Gasteiger partial charge in [0.25, 0.3) is 0 Å². The highest BCUT2D eigenvalue weighted by molar-refractivity contribution is 5.73. The molecule has 0 aliphatic rings. The topological polar surface area (TPSA) is 48.4 Å². The molecule has 0 aliphatic heterocycles. The quantitative estimate of drug-likeness (QED) is 0.607. The van der Waals surface area contributed by atoms with Gasteiger partial charge in [0.1, 0.15) is 5.75 Å². The summed E-state index contributed by atoms with van der Waals surface area (Å²) in [4.78, 5) is 16.4. The van der Waals surface area contributed by atoms with Crippen LogP contribution in [-0.2, 0) is 16.0 Å². The first-order chi connectivity index (χ1) is 11.1. The van der Waals surface area contributed by atoms with Gasteiger partial charge in [-0.05, 0) is 36.2 Å². The first-order valence-electron chi connectivity index (χ1n) is 7.31. The molecule has 1 atom stereocenters. The van der Waals surface area contributed by atoms with E-state index < -0.39 is 6.10 Å². The molecule has 1 aromatic heterocycles. The molecule has 0 N–H and O–H groups in total. The van der Waals surface area contributed by atoms with Crippen LogP contribution < -0.4 is 4.74 Å². The molecule has 0 radical (unpaired) electrons. The van der Waals surface area contributed by atoms with Crippen molar-refractivity contribution >= 4 is 5.97 Å². The summed E-state index contributed by atoms with van der Waals surface area (Å²) in [6.07, 6.45) is 6.94. The molecule has 0 amide bonds. The second-order valence-electron chi connectivity index (χ2n) is 5.12. The monoisotopic (exact) mass is 309 g/mol. The number of pyridine rings is 1. The molecule has 0 unspecified atom stereocenters. The third-order valence-corrected chi connectivity index (χ3v) is 3.42. The van der Waals surface area contributed by atoms with Gasteiger partial charge in [0, 0.05) is 6.20 Å². The Morgan fingerprint density at radius 2 is 2.17 bits per heavy atom. The van der Waals surface area contributed by atoms with E-state index in [1.807, 2.05) is 31.2 Å². The van der Waals surface area contributed by atoms with Crippen LogP contribution in [0.5, 0.6) is 5.75 Å². The smallest absolute Gasteiger partial charge is 0.310 e. The van der Waals surface area contributed by atoms with Crippen molar-refractivity contribution in [1.82, 2.24) is 4.98 Å². The van der Waals surface area contributed by atoms with Gasteiger partial charge in [0.2, 0.25) is 0 Å². The van der Waals surface area contributed by atoms with Crippen LogP contribution in [0.2, 0.25) is 0 Å². The number of nitrogens with zero attached hydrogens (tertiary/aromatic N) is 1. The summed E-state index contributed by atoms with van der Waals surface area (Å²) < 4.78 is 10.8. The maximum absolute atomic E-state index is 12.2. The van der Waals surface area contributed by atoms with Crippen LogP contribution in [0.15, 0.2) is 42.6 Å². The van der Waals surface area contributed by atoms with Crippen molar-refractivity contribution in [2.45, 2.75) is 25.9 Å². The zero-order valence-electron chi connectivity index (χ0n) is 13.3. The molecule has 4 heteroatoms. The van der Waals surface area contributed by atoms with Gasteiger partial charge in [-0.15, -0.1) is 12.3 Å². The maximum atomic E-state index is 12.2. The van der Waals surface area contributed by atoms with Crippen LogP contribution in [0.1, 0.15) is 29.3 Å². The van der Waals surface area contributed by atoms with Crippen LogP contribution in [0.4, 0.5) is 0 Å². The zero-order valence-corrected chi connectivity index (χ0v) is 13.3. The summed E-state index contributed by atoms with van der Waals surface area (Å²) in [5.74, 6) is 2.93. The Labute approximate surface area is 136 Å². The van der Waals surface area contributed by atoms with Crippen molar-refractivity contribution in [3.63, 3.8) is 0 Å². The fourth-order valence-electron chi connectivity index (χ4n) is 2.22. The van der Waals surface area contributed by atoms with E-state index in [2.05, 4.69) is 10.9 Å². The van der Waals surface area contributed by atoms with Crippen LogP contribution in [0.25, 0.3) is 0 Å². The molecule has 0 saturated heterocycles. The van der Waals surface area contributed by atoms with E-state index in [1.165, 1.54) is 0 Å². The first-order valence-corrected chi connectivity index (χ1v) is 7.31. The minimum absolute atomic E-state index is 0.157. The highest BCUT2D eigenvalue weighted by Crippen LogP contribution is 2.22. The number of aromatic nitrogens is 1. The molecule has 0 bridgehead atoms. The van der Waals surface area contributed by atoms with E-state index in [9.17, 15) is 4.79 Å². The Morgan fingerprint density at radius 3 is 2.83 bits per heavy atom. The number of aryl methyl sites for hydroxylation is 1. The molecule has 118 valence electrons. The second-order valence-corrected chi connectivity index (χ2v) is 5.12. The van der Waals surface area contributed by atoms with Crippen molar-refractivity contribution in [2.24, 2.45) is 0 Å². The molecule has 0 saturated carbocycles. The van der Waals surface area contributed by atoms with Gasteiger partial charge >= 0.3 is 5.97 Å². The molecule has 1 aromatic carbocycles. The summed E-state index contributed by atoms with van der Waals surface area (Å²) >= 11 is 0. The van der Waals surface area contributed by atoms with E-state index in [-0.39, 0.29) is 12.4 Å². The Balaban J connectivity index is 2.06. The average Bonchev–Trinajstić information content (AvgIpc) is 2.57. The number of terminal acetylenes is 1. The molecule has 0 aliphatic carbocycles. The number of hydrogen-bond donors (Lipinski definition) is 0. The van der Waals surface area contributed by atoms with Gasteiger partial charge in [-0.1, -0.05) is 18.2 Å². The number of rotatable bonds is 6. The minimum Gasteiger partial charge on any atom is -0.496 e. The van der Waals surface area contributed by atoms with Crippen molar-refractivity contribution in [3.8, 4) is 18.1 Å².